The summed E-state index contributed by atoms with van der Waals surface area (Å²) in [5.74, 6) is 0.402. The van der Waals surface area contributed by atoms with Crippen molar-refractivity contribution >= 4 is 6.08 Å². The van der Waals surface area contributed by atoms with Crippen molar-refractivity contribution in [3.05, 3.63) is 41.5 Å². The Morgan fingerprint density at radius 1 is 1.20 bits per heavy atom. The van der Waals surface area contributed by atoms with Crippen LogP contribution in [0.1, 0.15) is 31.2 Å². The molecule has 1 heteroatoms. The first-order chi connectivity index (χ1) is 7.40. The van der Waals surface area contributed by atoms with Gasteiger partial charge in [0.05, 0.1) is 0 Å². The molecule has 0 aliphatic heterocycles. The Morgan fingerprint density at radius 3 is 2.73 bits per heavy atom. The third-order valence-corrected chi connectivity index (χ3v) is 3.16. The maximum absolute atomic E-state index is 9.30. The summed E-state index contributed by atoms with van der Waals surface area (Å²) < 4.78 is 0. The smallest absolute Gasteiger partial charge is 0.0496 e. The third kappa shape index (κ3) is 2.69. The molecule has 1 nitrogen and oxygen atoms in total. The summed E-state index contributed by atoms with van der Waals surface area (Å²) in [7, 11) is 0. The Morgan fingerprint density at radius 2 is 2.00 bits per heavy atom. The Balaban J connectivity index is 2.17. The van der Waals surface area contributed by atoms with E-state index in [0.29, 0.717) is 12.5 Å². The van der Waals surface area contributed by atoms with Gasteiger partial charge in [0.25, 0.3) is 0 Å². The minimum absolute atomic E-state index is 0.304. The molecule has 0 spiro atoms. The summed E-state index contributed by atoms with van der Waals surface area (Å²) in [4.78, 5) is 0. The summed E-state index contributed by atoms with van der Waals surface area (Å²) in [5.41, 5.74) is 2.68. The number of rotatable bonds is 2. The van der Waals surface area contributed by atoms with Crippen molar-refractivity contribution in [1.29, 1.82) is 0 Å². The summed E-state index contributed by atoms with van der Waals surface area (Å²) in [6.07, 6.45) is 7.09. The normalized spacial score (nSPS) is 24.3. The van der Waals surface area contributed by atoms with Gasteiger partial charge in [0.2, 0.25) is 0 Å². The average Bonchev–Trinajstić information content (AvgIpc) is 2.31. The van der Waals surface area contributed by atoms with Crippen LogP contribution in [0, 0.1) is 5.92 Å². The number of benzene rings is 1. The van der Waals surface area contributed by atoms with E-state index >= 15 is 0 Å². The molecule has 1 N–H and O–H groups in total. The van der Waals surface area contributed by atoms with Crippen molar-refractivity contribution in [3.8, 4) is 0 Å². The van der Waals surface area contributed by atoms with Gasteiger partial charge in [-0.15, -0.1) is 0 Å². The van der Waals surface area contributed by atoms with E-state index in [1.165, 1.54) is 24.0 Å². The summed E-state index contributed by atoms with van der Waals surface area (Å²) >= 11 is 0. The molecule has 1 unspecified atom stereocenters. The Hall–Kier alpha value is -1.08. The zero-order chi connectivity index (χ0) is 10.5. The molecule has 1 aliphatic carbocycles. The Kier molecular flexibility index (Phi) is 3.57. The van der Waals surface area contributed by atoms with Gasteiger partial charge in [0, 0.05) is 12.5 Å². The number of hydrogen-bond donors (Lipinski definition) is 1. The second kappa shape index (κ2) is 5.13. The zero-order valence-electron chi connectivity index (χ0n) is 9.02. The quantitative estimate of drug-likeness (QED) is 0.780. The lowest BCUT2D eigenvalue weighted by atomic mass is 9.84. The minimum Gasteiger partial charge on any atom is -0.396 e. The van der Waals surface area contributed by atoms with Crippen molar-refractivity contribution in [2.45, 2.75) is 25.7 Å². The van der Waals surface area contributed by atoms with Gasteiger partial charge >= 0.3 is 0 Å². The summed E-state index contributed by atoms with van der Waals surface area (Å²) in [6.45, 7) is 0.304. The fourth-order valence-electron chi connectivity index (χ4n) is 2.27. The van der Waals surface area contributed by atoms with Gasteiger partial charge in [-0.2, -0.15) is 0 Å². The van der Waals surface area contributed by atoms with Crippen molar-refractivity contribution in [3.63, 3.8) is 0 Å². The van der Waals surface area contributed by atoms with E-state index in [2.05, 4.69) is 30.3 Å². The van der Waals surface area contributed by atoms with Crippen LogP contribution in [0.25, 0.3) is 6.08 Å². The van der Waals surface area contributed by atoms with Crippen LogP contribution in [-0.2, 0) is 0 Å². The predicted molar refractivity (Wildman–Crippen MR) is 63.5 cm³/mol. The molecule has 15 heavy (non-hydrogen) atoms. The van der Waals surface area contributed by atoms with E-state index < -0.39 is 0 Å². The molecule has 1 aromatic carbocycles. The molecule has 0 heterocycles. The highest BCUT2D eigenvalue weighted by molar-refractivity contribution is 5.53. The van der Waals surface area contributed by atoms with E-state index in [-0.39, 0.29) is 0 Å². The SMILES string of the molecule is OCC1CCCC/C1=C/c1ccccc1. The van der Waals surface area contributed by atoms with Crippen LogP contribution < -0.4 is 0 Å². The molecule has 0 amide bonds. The first kappa shape index (κ1) is 10.4. The fraction of sp³-hybridized carbons (Fsp3) is 0.429. The monoisotopic (exact) mass is 202 g/mol. The van der Waals surface area contributed by atoms with Gasteiger partial charge in [-0.25, -0.2) is 0 Å². The molecule has 2 rings (SSSR count). The topological polar surface area (TPSA) is 20.2 Å². The highest BCUT2D eigenvalue weighted by atomic mass is 16.3. The molecule has 1 fully saturated rings. The van der Waals surface area contributed by atoms with Crippen LogP contribution >= 0.6 is 0 Å². The van der Waals surface area contributed by atoms with Crippen LogP contribution in [0.3, 0.4) is 0 Å². The second-order valence-electron chi connectivity index (χ2n) is 4.26. The fourth-order valence-corrected chi connectivity index (χ4v) is 2.27. The predicted octanol–water partition coefficient (Wildman–Crippen LogP) is 3.25. The molecule has 0 saturated heterocycles. The maximum atomic E-state index is 9.30. The largest absolute Gasteiger partial charge is 0.396 e. The first-order valence-electron chi connectivity index (χ1n) is 5.76. The van der Waals surface area contributed by atoms with Gasteiger partial charge in [0.15, 0.2) is 0 Å². The van der Waals surface area contributed by atoms with Gasteiger partial charge in [-0.1, -0.05) is 48.4 Å². The van der Waals surface area contributed by atoms with Crippen LogP contribution in [0.5, 0.6) is 0 Å². The first-order valence-corrected chi connectivity index (χ1v) is 5.76. The summed E-state index contributed by atoms with van der Waals surface area (Å²) in [5, 5.41) is 9.30. The number of aliphatic hydroxyl groups is 1. The molecule has 80 valence electrons. The van der Waals surface area contributed by atoms with E-state index in [4.69, 9.17) is 0 Å². The lowest BCUT2D eigenvalue weighted by Crippen LogP contribution is -2.13. The van der Waals surface area contributed by atoms with Crippen molar-refractivity contribution < 1.29 is 5.11 Å². The maximum Gasteiger partial charge on any atom is 0.0496 e. The molecule has 0 aromatic heterocycles. The van der Waals surface area contributed by atoms with Gasteiger partial charge in [-0.05, 0) is 24.8 Å². The standard InChI is InChI=1S/C14H18O/c15-11-14-9-5-4-8-13(14)10-12-6-2-1-3-7-12/h1-3,6-7,10,14-15H,4-5,8-9,11H2/b13-10-. The van der Waals surface area contributed by atoms with Crippen LogP contribution in [-0.4, -0.2) is 11.7 Å². The lowest BCUT2D eigenvalue weighted by molar-refractivity contribution is 0.226. The molecular formula is C14H18O. The Bertz CT molecular complexity index is 326. The Labute approximate surface area is 91.4 Å². The highest BCUT2D eigenvalue weighted by Gasteiger charge is 2.17. The lowest BCUT2D eigenvalue weighted by Gasteiger charge is -2.23. The third-order valence-electron chi connectivity index (χ3n) is 3.16. The number of hydrogen-bond acceptors (Lipinski definition) is 1. The second-order valence-corrected chi connectivity index (χ2v) is 4.26. The van der Waals surface area contributed by atoms with Crippen molar-refractivity contribution in [2.75, 3.05) is 6.61 Å². The van der Waals surface area contributed by atoms with Crippen molar-refractivity contribution in [2.24, 2.45) is 5.92 Å². The van der Waals surface area contributed by atoms with E-state index in [0.717, 1.165) is 12.8 Å². The van der Waals surface area contributed by atoms with E-state index in [1.54, 1.807) is 0 Å². The van der Waals surface area contributed by atoms with E-state index in [1.807, 2.05) is 6.07 Å². The molecule has 1 saturated carbocycles. The minimum atomic E-state index is 0.304. The molecule has 0 bridgehead atoms. The number of aliphatic hydroxyl groups excluding tert-OH is 1. The van der Waals surface area contributed by atoms with Gasteiger partial charge in [0.1, 0.15) is 0 Å². The van der Waals surface area contributed by atoms with E-state index in [9.17, 15) is 5.11 Å². The van der Waals surface area contributed by atoms with Crippen LogP contribution in [0.15, 0.2) is 35.9 Å². The van der Waals surface area contributed by atoms with Crippen LogP contribution in [0.2, 0.25) is 0 Å². The molecule has 1 atom stereocenters. The summed E-state index contributed by atoms with van der Waals surface area (Å²) in [6, 6.07) is 10.4. The highest BCUT2D eigenvalue weighted by Crippen LogP contribution is 2.30. The zero-order valence-corrected chi connectivity index (χ0v) is 9.02. The van der Waals surface area contributed by atoms with Crippen molar-refractivity contribution in [1.82, 2.24) is 0 Å². The molecule has 0 radical (unpaired) electrons. The van der Waals surface area contributed by atoms with Gasteiger partial charge in [-0.3, -0.25) is 0 Å². The molecular weight excluding hydrogens is 184 g/mol. The average molecular weight is 202 g/mol. The van der Waals surface area contributed by atoms with Gasteiger partial charge < -0.3 is 5.11 Å². The van der Waals surface area contributed by atoms with Crippen LogP contribution in [0.4, 0.5) is 0 Å². The molecule has 1 aliphatic rings. The molecule has 1 aromatic rings.